The van der Waals surface area contributed by atoms with Crippen molar-refractivity contribution >= 4 is 82.6 Å². The van der Waals surface area contributed by atoms with Gasteiger partial charge in [0, 0.05) is 76.8 Å². The smallest absolute Gasteiger partial charge is 0.328 e. The van der Waals surface area contributed by atoms with Crippen LogP contribution in [0.1, 0.15) is 101 Å². The number of anilines is 1. The standard InChI is InChI=1S/C53H77N9O17S/c63-43(54-24-10-8-14-40(49(73)74)57-52(78)58-41(50(75)76)22-23-45(65)66)16-6-1-2-7-17-44(64)55-25-11-9-15-42(51(77)79-35-37-12-4-3-5-13-37)59-53(80)56-38-20-18-36(19-21-38)30-39-31-61(33-47(69)70)27-26-60(32-46(67)68)28-29-62(39)34-48(71)72/h3-5,12-13,18-21,39-42H,1-2,6-11,14-17,22-35H2,(H,54,63)(H,55,64)(H,65,66)(H,67,68)(H,69,70)(H,71,72)(H,73,74)(H,75,76)(H2,56,59,80)(H2,57,58,78). The fourth-order valence-electron chi connectivity index (χ4n) is 8.66. The normalized spacial score (nSPS) is 15.2. The van der Waals surface area contributed by atoms with E-state index in [2.05, 4.69) is 31.9 Å². The average Bonchev–Trinajstić information content (AvgIpc) is 3.46. The molecule has 2 aromatic carbocycles. The predicted octanol–water partition coefficient (Wildman–Crippen LogP) is 2.15. The van der Waals surface area contributed by atoms with E-state index < -0.39 is 78.4 Å². The fourth-order valence-corrected chi connectivity index (χ4v) is 8.92. The van der Waals surface area contributed by atoms with E-state index in [0.717, 1.165) is 24.0 Å². The van der Waals surface area contributed by atoms with Crippen LogP contribution in [0.5, 0.6) is 0 Å². The van der Waals surface area contributed by atoms with Crippen LogP contribution in [0.4, 0.5) is 10.5 Å². The third-order valence-electron chi connectivity index (χ3n) is 12.9. The number of hydrogen-bond acceptors (Lipinski definition) is 15. The second-order valence-electron chi connectivity index (χ2n) is 19.4. The number of carbonyl (C=O) groups excluding carboxylic acids is 4. The highest BCUT2D eigenvalue weighted by atomic mass is 32.1. The minimum absolute atomic E-state index is 0.00483. The molecule has 0 bridgehead atoms. The van der Waals surface area contributed by atoms with Gasteiger partial charge in [0.1, 0.15) is 24.7 Å². The van der Waals surface area contributed by atoms with Crippen LogP contribution in [0.25, 0.3) is 0 Å². The Morgan fingerprint density at radius 2 is 1.06 bits per heavy atom. The summed E-state index contributed by atoms with van der Waals surface area (Å²) < 4.78 is 5.65. The lowest BCUT2D eigenvalue weighted by molar-refractivity contribution is -0.147. The molecule has 1 aliphatic rings. The number of unbranched alkanes of at least 4 members (excludes halogenated alkanes) is 5. The van der Waals surface area contributed by atoms with Crippen molar-refractivity contribution in [3.63, 3.8) is 0 Å². The molecule has 0 aliphatic carbocycles. The summed E-state index contributed by atoms with van der Waals surface area (Å²) in [5, 5.41) is 72.5. The van der Waals surface area contributed by atoms with Gasteiger partial charge in [0.25, 0.3) is 0 Å². The summed E-state index contributed by atoms with van der Waals surface area (Å²) in [7, 11) is 0. The number of rotatable bonds is 37. The van der Waals surface area contributed by atoms with Gasteiger partial charge >= 0.3 is 47.8 Å². The van der Waals surface area contributed by atoms with Gasteiger partial charge in [0.2, 0.25) is 11.8 Å². The summed E-state index contributed by atoms with van der Waals surface area (Å²) in [4.78, 5) is 125. The molecule has 4 unspecified atom stereocenters. The Bertz CT molecular complexity index is 2350. The minimum atomic E-state index is -1.51. The lowest BCUT2D eigenvalue weighted by Crippen LogP contribution is -2.51. The Labute approximate surface area is 469 Å². The second-order valence-corrected chi connectivity index (χ2v) is 19.8. The summed E-state index contributed by atoms with van der Waals surface area (Å²) in [6, 6.07) is 11.3. The Hall–Kier alpha value is -7.49. The number of benzene rings is 2. The maximum absolute atomic E-state index is 13.4. The molecule has 3 rings (SSSR count). The molecule has 1 heterocycles. The third kappa shape index (κ3) is 29.5. The van der Waals surface area contributed by atoms with Gasteiger partial charge < -0.3 is 67.3 Å². The number of nitrogens with one attached hydrogen (secondary N) is 6. The number of ether oxygens (including phenoxy) is 1. The maximum Gasteiger partial charge on any atom is 0.328 e. The van der Waals surface area contributed by atoms with Gasteiger partial charge in [0.15, 0.2) is 5.11 Å². The third-order valence-corrected chi connectivity index (χ3v) is 13.1. The van der Waals surface area contributed by atoms with Crippen LogP contribution in [0.15, 0.2) is 54.6 Å². The van der Waals surface area contributed by atoms with Crippen molar-refractivity contribution in [1.29, 1.82) is 0 Å². The molecule has 1 aliphatic heterocycles. The SMILES string of the molecule is O=C(O)CCC(NC(=O)NC(CCCCNC(=O)CCCCCCC(=O)NCCCCC(NC(=S)Nc1ccc(CC2CN(CC(=O)O)CCN(CC(=O)O)CCN2CC(=O)O)cc1)C(=O)OCc1ccccc1)C(=O)O)C(=O)O. The molecule has 1 fully saturated rings. The average molecular weight is 1140 g/mol. The van der Waals surface area contributed by atoms with Crippen LogP contribution in [0.2, 0.25) is 0 Å². The van der Waals surface area contributed by atoms with E-state index in [1.807, 2.05) is 42.5 Å². The summed E-state index contributed by atoms with van der Waals surface area (Å²) in [5.74, 6) is -8.05. The lowest BCUT2D eigenvalue weighted by Gasteiger charge is -2.33. The van der Waals surface area contributed by atoms with Gasteiger partial charge in [-0.25, -0.2) is 19.2 Å². The zero-order valence-electron chi connectivity index (χ0n) is 44.8. The van der Waals surface area contributed by atoms with Crippen LogP contribution in [-0.4, -0.2) is 200 Å². The molecule has 12 N–H and O–H groups in total. The van der Waals surface area contributed by atoms with Gasteiger partial charge in [-0.05, 0) is 99.7 Å². The first kappa shape index (κ1) is 66.8. The van der Waals surface area contributed by atoms with Crippen molar-refractivity contribution in [2.45, 2.75) is 127 Å². The number of hydrogen-bond donors (Lipinski definition) is 12. The monoisotopic (exact) mass is 1140 g/mol. The molecule has 27 heteroatoms. The zero-order valence-corrected chi connectivity index (χ0v) is 45.6. The van der Waals surface area contributed by atoms with Crippen molar-refractivity contribution in [3.8, 4) is 0 Å². The van der Waals surface area contributed by atoms with Crippen molar-refractivity contribution in [3.05, 3.63) is 65.7 Å². The quantitative estimate of drug-likeness (QED) is 0.0262. The van der Waals surface area contributed by atoms with E-state index in [0.29, 0.717) is 76.6 Å². The fraction of sp³-hybridized carbons (Fsp3) is 0.566. The summed E-state index contributed by atoms with van der Waals surface area (Å²) >= 11 is 5.63. The zero-order chi connectivity index (χ0) is 58.8. The number of aliphatic carboxylic acids is 6. The number of amides is 4. The Morgan fingerprint density at radius 1 is 0.537 bits per heavy atom. The van der Waals surface area contributed by atoms with Gasteiger partial charge in [-0.1, -0.05) is 55.3 Å². The first-order chi connectivity index (χ1) is 38.2. The first-order valence-electron chi connectivity index (χ1n) is 26.7. The molecule has 0 spiro atoms. The number of carbonyl (C=O) groups is 10. The number of urea groups is 1. The van der Waals surface area contributed by atoms with Gasteiger partial charge in [-0.2, -0.15) is 0 Å². The topological polar surface area (TPSA) is 383 Å². The van der Waals surface area contributed by atoms with Crippen LogP contribution in [-0.2, 0) is 60.9 Å². The van der Waals surface area contributed by atoms with Crippen molar-refractivity contribution in [2.24, 2.45) is 0 Å². The highest BCUT2D eigenvalue weighted by Crippen LogP contribution is 2.17. The van der Waals surface area contributed by atoms with E-state index in [1.165, 1.54) is 0 Å². The Morgan fingerprint density at radius 3 is 1.61 bits per heavy atom. The second kappa shape index (κ2) is 37.4. The molecule has 80 heavy (non-hydrogen) atoms. The molecule has 4 atom stereocenters. The largest absolute Gasteiger partial charge is 0.481 e. The van der Waals surface area contributed by atoms with E-state index in [9.17, 15) is 73.5 Å². The van der Waals surface area contributed by atoms with Crippen molar-refractivity contribution in [2.75, 3.05) is 70.8 Å². The highest BCUT2D eigenvalue weighted by molar-refractivity contribution is 7.80. The lowest BCUT2D eigenvalue weighted by atomic mass is 10.0. The van der Waals surface area contributed by atoms with E-state index in [4.69, 9.17) is 22.1 Å². The maximum atomic E-state index is 13.4. The number of thiocarbonyl (C=S) groups is 1. The molecule has 0 radical (unpaired) electrons. The molecular weight excluding hydrogens is 1070 g/mol. The van der Waals surface area contributed by atoms with Crippen LogP contribution in [0, 0.1) is 0 Å². The van der Waals surface area contributed by atoms with E-state index in [1.54, 1.807) is 26.8 Å². The Balaban J connectivity index is 1.40. The van der Waals surface area contributed by atoms with Crippen molar-refractivity contribution < 1.29 is 83.3 Å². The number of carboxylic acid groups (broad SMARTS) is 6. The Kier molecular flexibility index (Phi) is 31.2. The first-order valence-corrected chi connectivity index (χ1v) is 27.1. The highest BCUT2D eigenvalue weighted by Gasteiger charge is 2.29. The number of nitrogens with zero attached hydrogens (tertiary/aromatic N) is 3. The van der Waals surface area contributed by atoms with E-state index >= 15 is 0 Å². The number of esters is 1. The molecule has 1 saturated heterocycles. The summed E-state index contributed by atoms with van der Waals surface area (Å²) in [5.41, 5.74) is 2.23. The van der Waals surface area contributed by atoms with Gasteiger partial charge in [0.05, 0.1) is 19.6 Å². The molecular formula is C53H77N9O17S. The minimum Gasteiger partial charge on any atom is -0.481 e. The molecule has 26 nitrogen and oxygen atoms in total. The van der Waals surface area contributed by atoms with Crippen LogP contribution in [0.3, 0.4) is 0 Å². The molecule has 0 saturated carbocycles. The summed E-state index contributed by atoms with van der Waals surface area (Å²) in [6.45, 7) is 1.19. The van der Waals surface area contributed by atoms with Gasteiger partial charge in [-0.3, -0.25) is 43.5 Å². The van der Waals surface area contributed by atoms with Crippen LogP contribution >= 0.6 is 12.2 Å². The number of carboxylic acids is 6. The van der Waals surface area contributed by atoms with Gasteiger partial charge in [-0.15, -0.1) is 0 Å². The predicted molar refractivity (Wildman–Crippen MR) is 293 cm³/mol. The molecule has 0 aromatic heterocycles. The van der Waals surface area contributed by atoms with E-state index in [-0.39, 0.29) is 95.2 Å². The van der Waals surface area contributed by atoms with Crippen LogP contribution < -0.4 is 31.9 Å². The summed E-state index contributed by atoms with van der Waals surface area (Å²) in [6.07, 6.45) is 4.87. The van der Waals surface area contributed by atoms with Crippen molar-refractivity contribution in [1.82, 2.24) is 41.3 Å². The molecule has 4 amide bonds. The molecule has 442 valence electrons. The molecule has 2 aromatic rings.